The van der Waals surface area contributed by atoms with Crippen molar-refractivity contribution in [2.45, 2.75) is 118 Å². The van der Waals surface area contributed by atoms with Gasteiger partial charge in [0.1, 0.15) is 5.78 Å². The van der Waals surface area contributed by atoms with Crippen LogP contribution < -0.4 is 0 Å². The molecular formula is C29H50O2. The zero-order chi connectivity index (χ0) is 22.6. The largest absolute Gasteiger partial charge is 0.393 e. The SMILES string of the molecule is CC[C@H](CC[C@@H](C)[C@H]1CC[C@H]2[C@@H]3C[C@@H](O)[C@H]4CC(=O)CC[C@]4(C)[C@H]3CC[C@]12C)C(C)C. The number of hydrogen-bond acceptors (Lipinski definition) is 2. The number of ketones is 1. The Morgan fingerprint density at radius 3 is 2.35 bits per heavy atom. The molecule has 0 bridgehead atoms. The molecule has 2 heteroatoms. The van der Waals surface area contributed by atoms with Crippen LogP contribution >= 0.6 is 0 Å². The van der Waals surface area contributed by atoms with Crippen molar-refractivity contribution in [2.24, 2.45) is 58.2 Å². The fourth-order valence-electron chi connectivity index (χ4n) is 9.75. The molecule has 0 unspecified atom stereocenters. The standard InChI is InChI=1S/C29H50O2/c1-7-20(18(2)3)9-8-19(4)23-10-11-24-22-17-27(31)26-16-21(30)12-14-29(26,6)25(22)13-15-28(23,24)5/h18-20,22-27,31H,7-17H2,1-6H3/t19-,20-,22+,23-,24+,25+,26-,27-,28-,29-/m1/s1. The van der Waals surface area contributed by atoms with E-state index in [9.17, 15) is 9.90 Å². The Labute approximate surface area is 192 Å². The fraction of sp³-hybridized carbons (Fsp3) is 0.966. The highest BCUT2D eigenvalue weighted by Crippen LogP contribution is 2.68. The van der Waals surface area contributed by atoms with Gasteiger partial charge in [-0.15, -0.1) is 0 Å². The van der Waals surface area contributed by atoms with Crippen LogP contribution in [0.4, 0.5) is 0 Å². The third kappa shape index (κ3) is 3.95. The first kappa shape index (κ1) is 23.8. The van der Waals surface area contributed by atoms with Gasteiger partial charge >= 0.3 is 0 Å². The lowest BCUT2D eigenvalue weighted by atomic mass is 9.44. The van der Waals surface area contributed by atoms with Crippen LogP contribution in [0.2, 0.25) is 0 Å². The molecule has 0 amide bonds. The summed E-state index contributed by atoms with van der Waals surface area (Å²) in [5, 5.41) is 11.2. The van der Waals surface area contributed by atoms with Crippen LogP contribution in [0.3, 0.4) is 0 Å². The fourth-order valence-corrected chi connectivity index (χ4v) is 9.75. The third-order valence-electron chi connectivity index (χ3n) is 11.7. The van der Waals surface area contributed by atoms with E-state index in [0.717, 1.165) is 54.8 Å². The molecule has 178 valence electrons. The minimum atomic E-state index is -0.259. The number of aliphatic hydroxyl groups excluding tert-OH is 1. The van der Waals surface area contributed by atoms with Gasteiger partial charge in [-0.05, 0) is 103 Å². The van der Waals surface area contributed by atoms with Gasteiger partial charge in [0.25, 0.3) is 0 Å². The van der Waals surface area contributed by atoms with Gasteiger partial charge < -0.3 is 5.11 Å². The van der Waals surface area contributed by atoms with Gasteiger partial charge in [-0.25, -0.2) is 0 Å². The van der Waals surface area contributed by atoms with Gasteiger partial charge in [-0.3, -0.25) is 4.79 Å². The van der Waals surface area contributed by atoms with Crippen LogP contribution in [0.5, 0.6) is 0 Å². The normalized spacial score (nSPS) is 46.9. The zero-order valence-corrected chi connectivity index (χ0v) is 21.3. The molecule has 4 aliphatic rings. The Morgan fingerprint density at radius 1 is 0.968 bits per heavy atom. The van der Waals surface area contributed by atoms with Crippen LogP contribution in [0.1, 0.15) is 112 Å². The van der Waals surface area contributed by atoms with E-state index in [1.165, 1.54) is 44.9 Å². The van der Waals surface area contributed by atoms with Gasteiger partial charge in [-0.2, -0.15) is 0 Å². The number of aliphatic hydroxyl groups is 1. The average Bonchev–Trinajstić information content (AvgIpc) is 3.07. The molecule has 0 heterocycles. The second-order valence-electron chi connectivity index (χ2n) is 13.2. The van der Waals surface area contributed by atoms with Gasteiger partial charge in [0.15, 0.2) is 0 Å². The van der Waals surface area contributed by atoms with E-state index in [2.05, 4.69) is 41.5 Å². The summed E-state index contributed by atoms with van der Waals surface area (Å²) in [6, 6.07) is 0. The minimum Gasteiger partial charge on any atom is -0.393 e. The Bertz CT molecular complexity index is 655. The number of rotatable bonds is 6. The first-order valence-electron chi connectivity index (χ1n) is 13.8. The third-order valence-corrected chi connectivity index (χ3v) is 11.7. The maximum absolute atomic E-state index is 12.2. The molecule has 0 aromatic rings. The van der Waals surface area contributed by atoms with Crippen molar-refractivity contribution in [3.8, 4) is 0 Å². The minimum absolute atomic E-state index is 0.187. The quantitative estimate of drug-likeness (QED) is 0.480. The molecule has 0 aliphatic heterocycles. The summed E-state index contributed by atoms with van der Waals surface area (Å²) in [5.41, 5.74) is 0.653. The number of Topliss-reactive ketones (excluding diaryl/α,β-unsaturated/α-hetero) is 1. The smallest absolute Gasteiger partial charge is 0.133 e. The molecule has 0 saturated heterocycles. The number of fused-ring (bicyclic) bond motifs is 5. The van der Waals surface area contributed by atoms with Crippen molar-refractivity contribution in [1.29, 1.82) is 0 Å². The second-order valence-corrected chi connectivity index (χ2v) is 13.2. The first-order chi connectivity index (χ1) is 14.6. The lowest BCUT2D eigenvalue weighted by Crippen LogP contribution is -2.58. The van der Waals surface area contributed by atoms with E-state index >= 15 is 0 Å². The van der Waals surface area contributed by atoms with Crippen LogP contribution in [0.25, 0.3) is 0 Å². The van der Waals surface area contributed by atoms with E-state index in [-0.39, 0.29) is 17.4 Å². The summed E-state index contributed by atoms with van der Waals surface area (Å²) in [4.78, 5) is 12.2. The molecule has 4 fully saturated rings. The Morgan fingerprint density at radius 2 is 1.68 bits per heavy atom. The number of carbonyl (C=O) groups excluding carboxylic acids is 1. The van der Waals surface area contributed by atoms with E-state index in [0.29, 0.717) is 23.5 Å². The predicted molar refractivity (Wildman–Crippen MR) is 129 cm³/mol. The number of hydrogen-bond donors (Lipinski definition) is 1. The van der Waals surface area contributed by atoms with Gasteiger partial charge in [0, 0.05) is 12.8 Å². The highest BCUT2D eigenvalue weighted by molar-refractivity contribution is 5.79. The molecule has 1 N–H and O–H groups in total. The van der Waals surface area contributed by atoms with Crippen molar-refractivity contribution in [3.05, 3.63) is 0 Å². The average molecular weight is 431 g/mol. The van der Waals surface area contributed by atoms with Crippen LogP contribution in [0.15, 0.2) is 0 Å². The van der Waals surface area contributed by atoms with E-state index in [4.69, 9.17) is 0 Å². The summed E-state index contributed by atoms with van der Waals surface area (Å²) in [6.07, 6.45) is 12.7. The monoisotopic (exact) mass is 430 g/mol. The maximum Gasteiger partial charge on any atom is 0.133 e. The van der Waals surface area contributed by atoms with Gasteiger partial charge in [0.05, 0.1) is 6.10 Å². The van der Waals surface area contributed by atoms with Crippen molar-refractivity contribution < 1.29 is 9.90 Å². The molecule has 31 heavy (non-hydrogen) atoms. The van der Waals surface area contributed by atoms with Gasteiger partial charge in [0.2, 0.25) is 0 Å². The molecule has 4 aliphatic carbocycles. The lowest BCUT2D eigenvalue weighted by Gasteiger charge is -2.61. The van der Waals surface area contributed by atoms with Crippen LogP contribution in [-0.4, -0.2) is 17.0 Å². The van der Waals surface area contributed by atoms with Crippen LogP contribution in [0, 0.1) is 58.2 Å². The molecule has 0 radical (unpaired) electrons. The Balaban J connectivity index is 1.49. The van der Waals surface area contributed by atoms with Gasteiger partial charge in [-0.1, -0.05) is 54.4 Å². The highest BCUT2D eigenvalue weighted by Gasteiger charge is 2.62. The Kier molecular flexibility index (Phi) is 6.73. The summed E-state index contributed by atoms with van der Waals surface area (Å²) < 4.78 is 0. The summed E-state index contributed by atoms with van der Waals surface area (Å²) in [6.45, 7) is 14.8. The summed E-state index contributed by atoms with van der Waals surface area (Å²) in [7, 11) is 0. The van der Waals surface area contributed by atoms with Crippen molar-refractivity contribution >= 4 is 5.78 Å². The molecule has 4 rings (SSSR count). The predicted octanol–water partition coefficient (Wildman–Crippen LogP) is 7.28. The van der Waals surface area contributed by atoms with Crippen molar-refractivity contribution in [1.82, 2.24) is 0 Å². The molecule has 0 aromatic heterocycles. The van der Waals surface area contributed by atoms with Crippen LogP contribution in [-0.2, 0) is 4.79 Å². The summed E-state index contributed by atoms with van der Waals surface area (Å²) >= 11 is 0. The molecule has 10 atom stereocenters. The zero-order valence-electron chi connectivity index (χ0n) is 21.3. The highest BCUT2D eigenvalue weighted by atomic mass is 16.3. The van der Waals surface area contributed by atoms with E-state index in [1.807, 2.05) is 0 Å². The van der Waals surface area contributed by atoms with E-state index in [1.54, 1.807) is 0 Å². The first-order valence-corrected chi connectivity index (χ1v) is 13.8. The molecular weight excluding hydrogens is 380 g/mol. The second kappa shape index (κ2) is 8.77. The molecule has 4 saturated carbocycles. The topological polar surface area (TPSA) is 37.3 Å². The van der Waals surface area contributed by atoms with E-state index < -0.39 is 0 Å². The van der Waals surface area contributed by atoms with Crippen molar-refractivity contribution in [2.75, 3.05) is 0 Å². The maximum atomic E-state index is 12.2. The van der Waals surface area contributed by atoms with Crippen molar-refractivity contribution in [3.63, 3.8) is 0 Å². The summed E-state index contributed by atoms with van der Waals surface area (Å²) in [5.74, 6) is 6.17. The molecule has 2 nitrogen and oxygen atoms in total. The Hall–Kier alpha value is -0.370. The lowest BCUT2D eigenvalue weighted by molar-refractivity contribution is -0.166. The molecule has 0 spiro atoms. The molecule has 0 aromatic carbocycles. The number of carbonyl (C=O) groups is 1.